The van der Waals surface area contributed by atoms with Gasteiger partial charge in [0.15, 0.2) is 6.29 Å². The molecule has 4 nitrogen and oxygen atoms in total. The molecule has 4 heteroatoms. The summed E-state index contributed by atoms with van der Waals surface area (Å²) in [5, 5.41) is 5.48. The summed E-state index contributed by atoms with van der Waals surface area (Å²) < 4.78 is 0. The second-order valence-electron chi connectivity index (χ2n) is 1.83. The van der Waals surface area contributed by atoms with E-state index in [2.05, 4.69) is 10.6 Å². The summed E-state index contributed by atoms with van der Waals surface area (Å²) in [6, 6.07) is 0. The van der Waals surface area contributed by atoms with Crippen LogP contribution in [0.2, 0.25) is 0 Å². The van der Waals surface area contributed by atoms with Gasteiger partial charge in [0.1, 0.15) is 0 Å². The molecule has 2 N–H and O–H groups in total. The van der Waals surface area contributed by atoms with Crippen LogP contribution in [0.1, 0.15) is 0 Å². The zero-order valence-electron chi connectivity index (χ0n) is 5.16. The van der Waals surface area contributed by atoms with Crippen molar-refractivity contribution >= 4 is 6.41 Å². The van der Waals surface area contributed by atoms with Crippen molar-refractivity contribution in [3.05, 3.63) is 12.4 Å². The minimum absolute atomic E-state index is 0.0671. The van der Waals surface area contributed by atoms with Gasteiger partial charge in [0.25, 0.3) is 0 Å². The van der Waals surface area contributed by atoms with Gasteiger partial charge in [0, 0.05) is 19.4 Å². The zero-order chi connectivity index (χ0) is 6.69. The maximum absolute atomic E-state index is 9.90. The van der Waals surface area contributed by atoms with Crippen LogP contribution >= 0.6 is 0 Å². The van der Waals surface area contributed by atoms with E-state index < -0.39 is 0 Å². The second-order valence-corrected chi connectivity index (χ2v) is 1.83. The molecule has 50 valence electrons. The molecular weight excluding hydrogens is 118 g/mol. The van der Waals surface area contributed by atoms with Crippen molar-refractivity contribution in [2.45, 2.75) is 6.29 Å². The monoisotopic (exact) mass is 127 g/mol. The third kappa shape index (κ3) is 1.13. The predicted octanol–water partition coefficient (Wildman–Crippen LogP) is -0.978. The maximum atomic E-state index is 9.90. The van der Waals surface area contributed by atoms with Crippen molar-refractivity contribution in [1.29, 1.82) is 0 Å². The van der Waals surface area contributed by atoms with Gasteiger partial charge in [-0.2, -0.15) is 0 Å². The van der Waals surface area contributed by atoms with Crippen molar-refractivity contribution in [3.63, 3.8) is 0 Å². The normalized spacial score (nSPS) is 23.7. The Morgan fingerprint density at radius 2 is 2.67 bits per heavy atom. The number of carbonyl (C=O) groups excluding carboxylic acids is 1. The molecule has 9 heavy (non-hydrogen) atoms. The molecule has 0 aromatic carbocycles. The van der Waals surface area contributed by atoms with Crippen LogP contribution in [0.3, 0.4) is 0 Å². The molecule has 1 rings (SSSR count). The Hall–Kier alpha value is -1.19. The largest absolute Gasteiger partial charge is 0.353 e. The molecule has 0 saturated heterocycles. The molecular formula is C5H9N3O. The van der Waals surface area contributed by atoms with Crippen LogP contribution in [-0.2, 0) is 4.79 Å². The van der Waals surface area contributed by atoms with Gasteiger partial charge >= 0.3 is 0 Å². The first kappa shape index (κ1) is 5.94. The number of nitrogens with one attached hydrogen (secondary N) is 2. The van der Waals surface area contributed by atoms with E-state index in [1.807, 2.05) is 18.1 Å². The molecule has 1 amide bonds. The Morgan fingerprint density at radius 1 is 1.89 bits per heavy atom. The topological polar surface area (TPSA) is 44.4 Å². The summed E-state index contributed by atoms with van der Waals surface area (Å²) in [6.45, 7) is 0. The zero-order valence-corrected chi connectivity index (χ0v) is 5.16. The molecule has 0 spiro atoms. The maximum Gasteiger partial charge on any atom is 0.210 e. The van der Waals surface area contributed by atoms with E-state index >= 15 is 0 Å². The minimum Gasteiger partial charge on any atom is -0.353 e. The van der Waals surface area contributed by atoms with E-state index in [-0.39, 0.29) is 6.29 Å². The predicted molar refractivity (Wildman–Crippen MR) is 33.0 cm³/mol. The molecule has 0 aliphatic carbocycles. The molecule has 0 fully saturated rings. The number of hydrogen-bond acceptors (Lipinski definition) is 3. The molecule has 1 aliphatic heterocycles. The number of carbonyl (C=O) groups is 1. The van der Waals surface area contributed by atoms with Crippen molar-refractivity contribution in [1.82, 2.24) is 15.5 Å². The molecule has 1 atom stereocenters. The summed E-state index contributed by atoms with van der Waals surface area (Å²) in [5.74, 6) is 0. The van der Waals surface area contributed by atoms with Gasteiger partial charge in [-0.05, 0) is 0 Å². The quantitative estimate of drug-likeness (QED) is 0.469. The van der Waals surface area contributed by atoms with Crippen LogP contribution in [0.5, 0.6) is 0 Å². The molecule has 1 heterocycles. The summed E-state index contributed by atoms with van der Waals surface area (Å²) in [5.41, 5.74) is 0. The first-order valence-electron chi connectivity index (χ1n) is 2.69. The van der Waals surface area contributed by atoms with E-state index in [4.69, 9.17) is 0 Å². The van der Waals surface area contributed by atoms with Gasteiger partial charge in [-0.3, -0.25) is 4.79 Å². The third-order valence-corrected chi connectivity index (χ3v) is 1.20. The molecule has 0 bridgehead atoms. The van der Waals surface area contributed by atoms with Crippen LogP contribution in [-0.4, -0.2) is 24.6 Å². The van der Waals surface area contributed by atoms with Crippen LogP contribution < -0.4 is 10.6 Å². The van der Waals surface area contributed by atoms with Gasteiger partial charge in [0.05, 0.1) is 0 Å². The van der Waals surface area contributed by atoms with Crippen molar-refractivity contribution in [2.24, 2.45) is 0 Å². The lowest BCUT2D eigenvalue weighted by molar-refractivity contribution is -0.111. The average molecular weight is 127 g/mol. The number of nitrogens with zero attached hydrogens (tertiary/aromatic N) is 1. The molecule has 1 unspecified atom stereocenters. The van der Waals surface area contributed by atoms with E-state index in [9.17, 15) is 4.79 Å². The van der Waals surface area contributed by atoms with Crippen LogP contribution in [0.25, 0.3) is 0 Å². The number of amides is 1. The Labute approximate surface area is 53.5 Å². The third-order valence-electron chi connectivity index (χ3n) is 1.20. The highest BCUT2D eigenvalue weighted by Gasteiger charge is 2.11. The van der Waals surface area contributed by atoms with Gasteiger partial charge < -0.3 is 15.5 Å². The lowest BCUT2D eigenvalue weighted by Gasteiger charge is -2.19. The smallest absolute Gasteiger partial charge is 0.210 e. The van der Waals surface area contributed by atoms with Crippen molar-refractivity contribution in [3.8, 4) is 0 Å². The highest BCUT2D eigenvalue weighted by molar-refractivity contribution is 5.46. The van der Waals surface area contributed by atoms with Gasteiger partial charge in [-0.1, -0.05) is 0 Å². The van der Waals surface area contributed by atoms with E-state index in [1.54, 1.807) is 6.20 Å². The Morgan fingerprint density at radius 3 is 3.11 bits per heavy atom. The number of hydrogen-bond donors (Lipinski definition) is 2. The lowest BCUT2D eigenvalue weighted by Crippen LogP contribution is -2.44. The Bertz CT molecular complexity index is 134. The van der Waals surface area contributed by atoms with Crippen molar-refractivity contribution in [2.75, 3.05) is 7.05 Å². The average Bonchev–Trinajstić information content (AvgIpc) is 2.18. The summed E-state index contributed by atoms with van der Waals surface area (Å²) in [7, 11) is 1.87. The first-order valence-corrected chi connectivity index (χ1v) is 2.69. The number of rotatable bonds is 2. The Balaban J connectivity index is 2.36. The van der Waals surface area contributed by atoms with Crippen LogP contribution in [0.15, 0.2) is 12.4 Å². The van der Waals surface area contributed by atoms with Gasteiger partial charge in [0.2, 0.25) is 6.41 Å². The fraction of sp³-hybridized carbons (Fsp3) is 0.400. The van der Waals surface area contributed by atoms with Gasteiger partial charge in [-0.15, -0.1) is 0 Å². The highest BCUT2D eigenvalue weighted by atomic mass is 16.1. The fourth-order valence-electron chi connectivity index (χ4n) is 0.686. The summed E-state index contributed by atoms with van der Waals surface area (Å²) >= 11 is 0. The molecule has 0 radical (unpaired) electrons. The lowest BCUT2D eigenvalue weighted by atomic mass is 10.7. The fourth-order valence-corrected chi connectivity index (χ4v) is 0.686. The van der Waals surface area contributed by atoms with Crippen LogP contribution in [0, 0.1) is 0 Å². The standard InChI is InChI=1S/C5H9N3O/c1-8-3-2-6-5(8)7-4-9/h2-6H,1H3,(H,7,9). The van der Waals surface area contributed by atoms with E-state index in [0.29, 0.717) is 6.41 Å². The molecule has 0 aromatic heterocycles. The molecule has 1 aliphatic rings. The summed E-state index contributed by atoms with van der Waals surface area (Å²) in [6.07, 6.45) is 4.23. The van der Waals surface area contributed by atoms with E-state index in [1.165, 1.54) is 0 Å². The van der Waals surface area contributed by atoms with E-state index in [0.717, 1.165) is 0 Å². The first-order chi connectivity index (χ1) is 4.34. The molecule has 0 aromatic rings. The minimum atomic E-state index is -0.0671. The highest BCUT2D eigenvalue weighted by Crippen LogP contribution is 1.94. The second kappa shape index (κ2) is 2.39. The Kier molecular flexibility index (Phi) is 1.58. The van der Waals surface area contributed by atoms with Crippen molar-refractivity contribution < 1.29 is 4.79 Å². The van der Waals surface area contributed by atoms with Gasteiger partial charge in [-0.25, -0.2) is 0 Å². The summed E-state index contributed by atoms with van der Waals surface area (Å²) in [4.78, 5) is 11.8. The SMILES string of the molecule is CN1C=CNC1NC=O. The van der Waals surface area contributed by atoms with Crippen LogP contribution in [0.4, 0.5) is 0 Å². The molecule has 0 saturated carbocycles.